The highest BCUT2D eigenvalue weighted by molar-refractivity contribution is 5.81. The van der Waals surface area contributed by atoms with Gasteiger partial charge in [-0.15, -0.1) is 0 Å². The maximum atomic E-state index is 11.6. The Bertz CT molecular complexity index is 506. The largest absolute Gasteiger partial charge is 0.364 e. The van der Waals surface area contributed by atoms with Crippen LogP contribution in [0, 0.1) is 0 Å². The van der Waals surface area contributed by atoms with Gasteiger partial charge in [0.2, 0.25) is 5.91 Å². The number of hydrogen-bond donors (Lipinski definition) is 1. The Balaban J connectivity index is 1.73. The number of rotatable bonds is 5. The van der Waals surface area contributed by atoms with Gasteiger partial charge in [-0.1, -0.05) is 5.16 Å². The molecule has 128 valence electrons. The molecule has 23 heavy (non-hydrogen) atoms. The monoisotopic (exact) mass is 322 g/mol. The zero-order chi connectivity index (χ0) is 16.7. The summed E-state index contributed by atoms with van der Waals surface area (Å²) in [6.07, 6.45) is 2.07. The van der Waals surface area contributed by atoms with E-state index >= 15 is 0 Å². The topological polar surface area (TPSA) is 77.2 Å². The van der Waals surface area contributed by atoms with Crippen LogP contribution in [-0.4, -0.2) is 85.6 Å². The molecule has 1 amide bonds. The van der Waals surface area contributed by atoms with Crippen molar-refractivity contribution in [1.29, 1.82) is 0 Å². The molecule has 0 aromatic carbocycles. The Morgan fingerprint density at radius 2 is 2.13 bits per heavy atom. The van der Waals surface area contributed by atoms with Crippen LogP contribution in [-0.2, 0) is 11.3 Å². The number of piperazine rings is 1. The van der Waals surface area contributed by atoms with Gasteiger partial charge < -0.3 is 19.6 Å². The van der Waals surface area contributed by atoms with Gasteiger partial charge in [0.05, 0.1) is 5.69 Å². The number of aliphatic imine (C=N–C) groups is 1. The Morgan fingerprint density at radius 1 is 1.39 bits per heavy atom. The van der Waals surface area contributed by atoms with Crippen LogP contribution in [0.15, 0.2) is 21.8 Å². The Morgan fingerprint density at radius 3 is 2.70 bits per heavy atom. The van der Waals surface area contributed by atoms with Crippen LogP contribution >= 0.6 is 0 Å². The third-order valence-electron chi connectivity index (χ3n) is 3.88. The van der Waals surface area contributed by atoms with Crippen LogP contribution < -0.4 is 5.32 Å². The van der Waals surface area contributed by atoms with Gasteiger partial charge in [0.1, 0.15) is 6.26 Å². The van der Waals surface area contributed by atoms with Gasteiger partial charge >= 0.3 is 0 Å². The predicted octanol–water partition coefficient (Wildman–Crippen LogP) is -0.154. The van der Waals surface area contributed by atoms with Gasteiger partial charge in [0.15, 0.2) is 5.96 Å². The molecule has 0 saturated carbocycles. The molecule has 1 aliphatic rings. The van der Waals surface area contributed by atoms with Gasteiger partial charge in [-0.2, -0.15) is 0 Å². The van der Waals surface area contributed by atoms with E-state index in [4.69, 9.17) is 4.52 Å². The molecule has 1 saturated heterocycles. The van der Waals surface area contributed by atoms with Gasteiger partial charge in [0.25, 0.3) is 0 Å². The fraction of sp³-hybridized carbons (Fsp3) is 0.667. The van der Waals surface area contributed by atoms with Crippen molar-refractivity contribution in [2.24, 2.45) is 4.99 Å². The van der Waals surface area contributed by atoms with Crippen LogP contribution in [0.1, 0.15) is 12.1 Å². The normalized spacial score (nSPS) is 16.5. The zero-order valence-corrected chi connectivity index (χ0v) is 14.2. The summed E-state index contributed by atoms with van der Waals surface area (Å²) < 4.78 is 4.87. The SMILES string of the molecule is CN=C(NCCC(=O)N(C)C)N1CCN(Cc2ccon2)CC1. The lowest BCUT2D eigenvalue weighted by molar-refractivity contribution is -0.128. The standard InChI is InChI=1S/C15H26N6O2/c1-16-15(17-6-4-14(22)19(2)3)21-9-7-20(8-10-21)12-13-5-11-23-18-13/h5,11H,4,6-10,12H2,1-3H3,(H,16,17). The highest BCUT2D eigenvalue weighted by atomic mass is 16.5. The minimum absolute atomic E-state index is 0.116. The van der Waals surface area contributed by atoms with Gasteiger partial charge in [0, 0.05) is 72.9 Å². The highest BCUT2D eigenvalue weighted by Crippen LogP contribution is 2.07. The van der Waals surface area contributed by atoms with Crippen molar-refractivity contribution in [3.05, 3.63) is 18.0 Å². The molecule has 2 rings (SSSR count). The molecule has 0 radical (unpaired) electrons. The minimum atomic E-state index is 0.116. The van der Waals surface area contributed by atoms with Crippen molar-refractivity contribution in [3.63, 3.8) is 0 Å². The fourth-order valence-electron chi connectivity index (χ4n) is 2.50. The number of amides is 1. The Hall–Kier alpha value is -2.09. The number of guanidine groups is 1. The van der Waals surface area contributed by atoms with E-state index in [1.54, 1.807) is 32.3 Å². The van der Waals surface area contributed by atoms with E-state index in [0.29, 0.717) is 13.0 Å². The lowest BCUT2D eigenvalue weighted by atomic mass is 10.3. The molecule has 1 aromatic rings. The molecule has 8 heteroatoms. The smallest absolute Gasteiger partial charge is 0.223 e. The minimum Gasteiger partial charge on any atom is -0.364 e. The maximum absolute atomic E-state index is 11.6. The third kappa shape index (κ3) is 5.24. The van der Waals surface area contributed by atoms with E-state index in [0.717, 1.165) is 44.4 Å². The molecule has 0 atom stereocenters. The summed E-state index contributed by atoms with van der Waals surface area (Å²) in [5.41, 5.74) is 0.961. The van der Waals surface area contributed by atoms with Crippen LogP contribution in [0.2, 0.25) is 0 Å². The average molecular weight is 322 g/mol. The predicted molar refractivity (Wildman–Crippen MR) is 88.0 cm³/mol. The maximum Gasteiger partial charge on any atom is 0.223 e. The zero-order valence-electron chi connectivity index (χ0n) is 14.2. The molecule has 0 aliphatic carbocycles. The first-order chi connectivity index (χ1) is 11.1. The first-order valence-corrected chi connectivity index (χ1v) is 7.87. The summed E-state index contributed by atoms with van der Waals surface area (Å²) in [6, 6.07) is 1.90. The number of carbonyl (C=O) groups is 1. The molecule has 0 unspecified atom stereocenters. The molecule has 1 fully saturated rings. The Labute approximate surface area is 137 Å². The second-order valence-electron chi connectivity index (χ2n) is 5.77. The van der Waals surface area contributed by atoms with Crippen molar-refractivity contribution >= 4 is 11.9 Å². The number of nitrogens with zero attached hydrogens (tertiary/aromatic N) is 5. The first-order valence-electron chi connectivity index (χ1n) is 7.87. The molecule has 2 heterocycles. The summed E-state index contributed by atoms with van der Waals surface area (Å²) in [7, 11) is 5.31. The quantitative estimate of drug-likeness (QED) is 0.600. The van der Waals surface area contributed by atoms with Gasteiger partial charge in [-0.25, -0.2) is 0 Å². The van der Waals surface area contributed by atoms with E-state index in [1.165, 1.54) is 0 Å². The molecular weight excluding hydrogens is 296 g/mol. The van der Waals surface area contributed by atoms with Crippen molar-refractivity contribution < 1.29 is 9.32 Å². The summed E-state index contributed by atoms with van der Waals surface area (Å²) >= 11 is 0. The van der Waals surface area contributed by atoms with Crippen LogP contribution in [0.5, 0.6) is 0 Å². The summed E-state index contributed by atoms with van der Waals surface area (Å²) in [6.45, 7) is 5.11. The first kappa shape index (κ1) is 17.3. The number of aromatic nitrogens is 1. The van der Waals surface area contributed by atoms with Crippen molar-refractivity contribution in [1.82, 2.24) is 25.2 Å². The van der Waals surface area contributed by atoms with Crippen molar-refractivity contribution in [2.75, 3.05) is 53.9 Å². The highest BCUT2D eigenvalue weighted by Gasteiger charge is 2.20. The molecule has 8 nitrogen and oxygen atoms in total. The molecule has 1 N–H and O–H groups in total. The molecular formula is C15H26N6O2. The average Bonchev–Trinajstić information content (AvgIpc) is 3.05. The van der Waals surface area contributed by atoms with Crippen LogP contribution in [0.25, 0.3) is 0 Å². The lowest BCUT2D eigenvalue weighted by Gasteiger charge is -2.36. The summed E-state index contributed by atoms with van der Waals surface area (Å²) in [5.74, 6) is 0.975. The molecule has 1 aliphatic heterocycles. The molecule has 1 aromatic heterocycles. The molecule has 0 bridgehead atoms. The van der Waals surface area contributed by atoms with Crippen LogP contribution in [0.4, 0.5) is 0 Å². The van der Waals surface area contributed by atoms with Gasteiger partial charge in [-0.3, -0.25) is 14.7 Å². The second-order valence-corrected chi connectivity index (χ2v) is 5.77. The van der Waals surface area contributed by atoms with Gasteiger partial charge in [-0.05, 0) is 0 Å². The molecule has 0 spiro atoms. The van der Waals surface area contributed by atoms with E-state index in [2.05, 4.69) is 25.3 Å². The summed E-state index contributed by atoms with van der Waals surface area (Å²) in [4.78, 5) is 22.1. The van der Waals surface area contributed by atoms with E-state index in [1.807, 2.05) is 6.07 Å². The number of carbonyl (C=O) groups excluding carboxylic acids is 1. The van der Waals surface area contributed by atoms with E-state index < -0.39 is 0 Å². The summed E-state index contributed by atoms with van der Waals surface area (Å²) in [5, 5.41) is 7.22. The number of nitrogens with one attached hydrogen (secondary N) is 1. The van der Waals surface area contributed by atoms with E-state index in [-0.39, 0.29) is 5.91 Å². The van der Waals surface area contributed by atoms with E-state index in [9.17, 15) is 4.79 Å². The van der Waals surface area contributed by atoms with Crippen molar-refractivity contribution in [2.45, 2.75) is 13.0 Å². The lowest BCUT2D eigenvalue weighted by Crippen LogP contribution is -2.52. The van der Waals surface area contributed by atoms with Crippen molar-refractivity contribution in [3.8, 4) is 0 Å². The van der Waals surface area contributed by atoms with Crippen LogP contribution in [0.3, 0.4) is 0 Å². The number of hydrogen-bond acceptors (Lipinski definition) is 5. The Kier molecular flexibility index (Phi) is 6.40. The second kappa shape index (κ2) is 8.52. The third-order valence-corrected chi connectivity index (χ3v) is 3.88. The fourth-order valence-corrected chi connectivity index (χ4v) is 2.50.